The summed E-state index contributed by atoms with van der Waals surface area (Å²) in [4.78, 5) is 41.4. The largest absolute Gasteiger partial charge is 0.465 e. The second-order valence-corrected chi connectivity index (χ2v) is 8.18. The maximum atomic E-state index is 13.2. The molecule has 2 heterocycles. The number of fused-ring (bicyclic) bond motifs is 2. The fourth-order valence-electron chi connectivity index (χ4n) is 4.63. The van der Waals surface area contributed by atoms with E-state index in [1.54, 1.807) is 41.1 Å². The summed E-state index contributed by atoms with van der Waals surface area (Å²) in [6.07, 6.45) is 4.50. The Labute approximate surface area is 182 Å². The Hall–Kier alpha value is -3.41. The molecular weight excluding hydrogens is 392 g/mol. The van der Waals surface area contributed by atoms with Gasteiger partial charge < -0.3 is 14.5 Å². The lowest BCUT2D eigenvalue weighted by molar-refractivity contribution is -0.131. The van der Waals surface area contributed by atoms with Crippen molar-refractivity contribution in [2.45, 2.75) is 25.2 Å². The first-order chi connectivity index (χ1) is 14.9. The van der Waals surface area contributed by atoms with Crippen LogP contribution in [-0.4, -0.2) is 49.9 Å². The van der Waals surface area contributed by atoms with Gasteiger partial charge in [-0.3, -0.25) is 9.59 Å². The van der Waals surface area contributed by atoms with Crippen LogP contribution in [0, 0.1) is 6.92 Å². The number of hydrogen-bond acceptors (Lipinski definition) is 4. The molecule has 1 fully saturated rings. The van der Waals surface area contributed by atoms with Gasteiger partial charge >= 0.3 is 5.97 Å². The molecule has 0 atom stereocenters. The summed E-state index contributed by atoms with van der Waals surface area (Å²) in [5.74, 6) is -0.457. The molecule has 0 radical (unpaired) electrons. The summed E-state index contributed by atoms with van der Waals surface area (Å²) < 4.78 is 4.85. The molecule has 2 amide bonds. The average Bonchev–Trinajstić information content (AvgIpc) is 3.00. The summed E-state index contributed by atoms with van der Waals surface area (Å²) in [7, 11) is 3.10. The van der Waals surface area contributed by atoms with Crippen LogP contribution < -0.4 is 4.90 Å². The first kappa shape index (κ1) is 20.8. The van der Waals surface area contributed by atoms with Crippen molar-refractivity contribution in [3.8, 4) is 0 Å². The molecule has 1 spiro atoms. The summed E-state index contributed by atoms with van der Waals surface area (Å²) >= 11 is 0. The predicted molar refractivity (Wildman–Crippen MR) is 119 cm³/mol. The Kier molecular flexibility index (Phi) is 5.39. The van der Waals surface area contributed by atoms with Crippen molar-refractivity contribution in [2.75, 3.05) is 32.1 Å². The van der Waals surface area contributed by atoms with Gasteiger partial charge in [0.25, 0.3) is 0 Å². The molecule has 31 heavy (non-hydrogen) atoms. The Morgan fingerprint density at radius 2 is 1.81 bits per heavy atom. The highest BCUT2D eigenvalue weighted by Gasteiger charge is 2.51. The van der Waals surface area contributed by atoms with E-state index in [4.69, 9.17) is 4.74 Å². The SMILES string of the molecule is COC(=O)c1ccc2c(c1)C1(CCN(C(=O)/C=C/c3ccccc3C)CC1)C(=O)N2C. The normalized spacial score (nSPS) is 17.3. The molecule has 2 aromatic rings. The van der Waals surface area contributed by atoms with Crippen LogP contribution in [0.2, 0.25) is 0 Å². The van der Waals surface area contributed by atoms with Crippen LogP contribution in [0.1, 0.15) is 39.9 Å². The summed E-state index contributed by atoms with van der Waals surface area (Å²) in [6.45, 7) is 2.98. The van der Waals surface area contributed by atoms with Crippen LogP contribution in [0.5, 0.6) is 0 Å². The number of amides is 2. The van der Waals surface area contributed by atoms with Crippen molar-refractivity contribution >= 4 is 29.5 Å². The van der Waals surface area contributed by atoms with E-state index >= 15 is 0 Å². The second kappa shape index (κ2) is 8.02. The van der Waals surface area contributed by atoms with Crippen LogP contribution >= 0.6 is 0 Å². The van der Waals surface area contributed by atoms with Gasteiger partial charge in [-0.2, -0.15) is 0 Å². The number of likely N-dealkylation sites (N-methyl/N-ethyl adjacent to an activating group) is 1. The highest BCUT2D eigenvalue weighted by Crippen LogP contribution is 2.47. The number of benzene rings is 2. The van der Waals surface area contributed by atoms with E-state index in [1.165, 1.54) is 7.11 Å². The molecule has 6 heteroatoms. The van der Waals surface area contributed by atoms with Crippen molar-refractivity contribution in [3.05, 3.63) is 70.8 Å². The molecule has 2 aliphatic heterocycles. The zero-order chi connectivity index (χ0) is 22.2. The zero-order valence-electron chi connectivity index (χ0n) is 18.1. The number of nitrogens with zero attached hydrogens (tertiary/aromatic N) is 2. The van der Waals surface area contributed by atoms with Gasteiger partial charge in [-0.1, -0.05) is 24.3 Å². The van der Waals surface area contributed by atoms with Gasteiger partial charge in [0.15, 0.2) is 0 Å². The van der Waals surface area contributed by atoms with Gasteiger partial charge in [-0.05, 0) is 60.7 Å². The van der Waals surface area contributed by atoms with Crippen LogP contribution in [0.4, 0.5) is 5.69 Å². The highest BCUT2D eigenvalue weighted by atomic mass is 16.5. The van der Waals surface area contributed by atoms with Crippen molar-refractivity contribution in [1.29, 1.82) is 0 Å². The van der Waals surface area contributed by atoms with E-state index in [0.717, 1.165) is 22.4 Å². The van der Waals surface area contributed by atoms with E-state index < -0.39 is 11.4 Å². The molecule has 2 aromatic carbocycles. The number of rotatable bonds is 3. The number of likely N-dealkylation sites (tertiary alicyclic amines) is 1. The molecular formula is C25H26N2O4. The van der Waals surface area contributed by atoms with E-state index in [-0.39, 0.29) is 11.8 Å². The lowest BCUT2D eigenvalue weighted by atomic mass is 9.73. The maximum Gasteiger partial charge on any atom is 0.337 e. The fraction of sp³-hybridized carbons (Fsp3) is 0.320. The third-order valence-electron chi connectivity index (χ3n) is 6.53. The number of ether oxygens (including phenoxy) is 1. The third-order valence-corrected chi connectivity index (χ3v) is 6.53. The van der Waals surface area contributed by atoms with E-state index in [9.17, 15) is 14.4 Å². The van der Waals surface area contributed by atoms with Gasteiger partial charge in [0.2, 0.25) is 11.8 Å². The minimum Gasteiger partial charge on any atom is -0.465 e. The molecule has 6 nitrogen and oxygen atoms in total. The lowest BCUT2D eigenvalue weighted by Gasteiger charge is -2.38. The quantitative estimate of drug-likeness (QED) is 0.567. The minimum absolute atomic E-state index is 0.0204. The molecule has 0 unspecified atom stereocenters. The monoisotopic (exact) mass is 418 g/mol. The van der Waals surface area contributed by atoms with E-state index in [2.05, 4.69) is 0 Å². The topological polar surface area (TPSA) is 66.9 Å². The molecule has 1 saturated heterocycles. The summed E-state index contributed by atoms with van der Waals surface area (Å²) in [5, 5.41) is 0. The van der Waals surface area contributed by atoms with Crippen molar-refractivity contribution in [1.82, 2.24) is 4.90 Å². The Morgan fingerprint density at radius 3 is 2.48 bits per heavy atom. The molecule has 0 saturated carbocycles. The number of carbonyl (C=O) groups is 3. The number of methoxy groups -OCH3 is 1. The third kappa shape index (κ3) is 3.52. The molecule has 0 bridgehead atoms. The number of carbonyl (C=O) groups excluding carboxylic acids is 3. The van der Waals surface area contributed by atoms with Gasteiger partial charge in [0.1, 0.15) is 0 Å². The van der Waals surface area contributed by atoms with Crippen molar-refractivity contribution in [2.24, 2.45) is 0 Å². The minimum atomic E-state index is -0.704. The van der Waals surface area contributed by atoms with E-state index in [0.29, 0.717) is 31.5 Å². The summed E-state index contributed by atoms with van der Waals surface area (Å²) in [6, 6.07) is 13.2. The van der Waals surface area contributed by atoms with Gasteiger partial charge in [0, 0.05) is 31.9 Å². The number of hydrogen-bond donors (Lipinski definition) is 0. The predicted octanol–water partition coefficient (Wildman–Crippen LogP) is 3.33. The first-order valence-electron chi connectivity index (χ1n) is 10.4. The van der Waals surface area contributed by atoms with Crippen LogP contribution in [0.3, 0.4) is 0 Å². The Morgan fingerprint density at radius 1 is 1.10 bits per heavy atom. The maximum absolute atomic E-state index is 13.2. The summed E-state index contributed by atoms with van der Waals surface area (Å²) in [5.41, 5.74) is 3.53. The standard InChI is InChI=1S/C25H26N2O4/c1-17-6-4-5-7-18(17)9-11-22(28)27-14-12-25(13-15-27)20-16-19(23(29)31-3)8-10-21(20)26(2)24(25)30/h4-11,16H,12-15H2,1-3H3/b11-9+. The zero-order valence-corrected chi connectivity index (χ0v) is 18.1. The molecule has 4 rings (SSSR count). The number of esters is 1. The Bertz CT molecular complexity index is 1080. The number of anilines is 1. The molecule has 0 N–H and O–H groups in total. The number of piperidine rings is 1. The molecule has 0 aromatic heterocycles. The van der Waals surface area contributed by atoms with Crippen molar-refractivity contribution < 1.29 is 19.1 Å². The van der Waals surface area contributed by atoms with Crippen molar-refractivity contribution in [3.63, 3.8) is 0 Å². The van der Waals surface area contributed by atoms with E-state index in [1.807, 2.05) is 37.3 Å². The second-order valence-electron chi connectivity index (χ2n) is 8.18. The lowest BCUT2D eigenvalue weighted by Crippen LogP contribution is -2.49. The smallest absolute Gasteiger partial charge is 0.337 e. The molecule has 160 valence electrons. The van der Waals surface area contributed by atoms with Crippen LogP contribution in [-0.2, 0) is 19.7 Å². The van der Waals surface area contributed by atoms with Gasteiger partial charge in [-0.15, -0.1) is 0 Å². The highest BCUT2D eigenvalue weighted by molar-refractivity contribution is 6.09. The van der Waals surface area contributed by atoms with Crippen LogP contribution in [0.15, 0.2) is 48.5 Å². The number of aryl methyl sites for hydroxylation is 1. The first-order valence-corrected chi connectivity index (χ1v) is 10.4. The van der Waals surface area contributed by atoms with Crippen LogP contribution in [0.25, 0.3) is 6.08 Å². The van der Waals surface area contributed by atoms with Gasteiger partial charge in [0.05, 0.1) is 18.1 Å². The Balaban J connectivity index is 1.54. The molecule has 2 aliphatic rings. The molecule has 0 aliphatic carbocycles. The average molecular weight is 418 g/mol. The van der Waals surface area contributed by atoms with Gasteiger partial charge in [-0.25, -0.2) is 4.79 Å². The fourth-order valence-corrected chi connectivity index (χ4v) is 4.63.